The number of hydrogen-bond donors (Lipinski definition) is 1. The van der Waals surface area contributed by atoms with Gasteiger partial charge in [-0.3, -0.25) is 9.80 Å². The van der Waals surface area contributed by atoms with E-state index in [1.54, 1.807) is 4.90 Å². The summed E-state index contributed by atoms with van der Waals surface area (Å²) >= 11 is 0. The Labute approximate surface area is 165 Å². The van der Waals surface area contributed by atoms with Crippen molar-refractivity contribution in [1.82, 2.24) is 10.2 Å². The molecule has 2 aliphatic heterocycles. The van der Waals surface area contributed by atoms with E-state index >= 15 is 0 Å². The maximum Gasteiger partial charge on any atom is 0.331 e. The van der Waals surface area contributed by atoms with E-state index in [0.717, 1.165) is 28.3 Å². The molecule has 1 saturated heterocycles. The third kappa shape index (κ3) is 3.36. The molecule has 5 nitrogen and oxygen atoms in total. The van der Waals surface area contributed by atoms with Gasteiger partial charge in [0.15, 0.2) is 0 Å². The monoisotopic (exact) mass is 375 g/mol. The third-order valence-corrected chi connectivity index (χ3v) is 4.95. The Morgan fingerprint density at radius 2 is 1.79 bits per heavy atom. The fourth-order valence-corrected chi connectivity index (χ4v) is 3.62. The van der Waals surface area contributed by atoms with E-state index in [9.17, 15) is 4.79 Å². The molecule has 0 spiro atoms. The predicted molar refractivity (Wildman–Crippen MR) is 111 cm³/mol. The number of allylic oxidation sites excluding steroid dienone is 2. The highest BCUT2D eigenvalue weighted by Gasteiger charge is 2.44. The Morgan fingerprint density at radius 3 is 2.46 bits per heavy atom. The molecule has 0 radical (unpaired) electrons. The zero-order chi connectivity index (χ0) is 19.7. The van der Waals surface area contributed by atoms with Gasteiger partial charge in [0, 0.05) is 17.9 Å². The van der Waals surface area contributed by atoms with Crippen molar-refractivity contribution >= 4 is 11.7 Å². The van der Waals surface area contributed by atoms with Crippen molar-refractivity contribution in [3.63, 3.8) is 0 Å². The first-order valence-corrected chi connectivity index (χ1v) is 9.58. The van der Waals surface area contributed by atoms with E-state index in [2.05, 4.69) is 11.4 Å². The topological polar surface area (TPSA) is 44.8 Å². The molecule has 5 heteroatoms. The van der Waals surface area contributed by atoms with Crippen LogP contribution in [0.2, 0.25) is 0 Å². The van der Waals surface area contributed by atoms with E-state index in [0.29, 0.717) is 6.61 Å². The number of carbonyl (C=O) groups is 1. The highest BCUT2D eigenvalue weighted by Crippen LogP contribution is 2.35. The summed E-state index contributed by atoms with van der Waals surface area (Å²) in [5.41, 5.74) is 4.06. The molecule has 2 amide bonds. The van der Waals surface area contributed by atoms with Gasteiger partial charge in [-0.15, -0.1) is 0 Å². The van der Waals surface area contributed by atoms with Crippen LogP contribution >= 0.6 is 0 Å². The number of ether oxygens (including phenoxy) is 1. The smallest absolute Gasteiger partial charge is 0.331 e. The molecular weight excluding hydrogens is 350 g/mol. The van der Waals surface area contributed by atoms with Crippen molar-refractivity contribution in [1.29, 1.82) is 0 Å². The summed E-state index contributed by atoms with van der Waals surface area (Å²) in [6, 6.07) is 17.8. The van der Waals surface area contributed by atoms with Crippen LogP contribution in [0.25, 0.3) is 0 Å². The molecule has 4 rings (SSSR count). The highest BCUT2D eigenvalue weighted by atomic mass is 16.5. The second kappa shape index (κ2) is 7.43. The maximum absolute atomic E-state index is 13.1. The molecule has 0 aliphatic carbocycles. The number of anilines is 1. The van der Waals surface area contributed by atoms with Gasteiger partial charge in [-0.25, -0.2) is 4.79 Å². The largest absolute Gasteiger partial charge is 0.489 e. The summed E-state index contributed by atoms with van der Waals surface area (Å²) in [6.07, 6.45) is 3.85. The SMILES string of the molecule is CC1=CNC2C(=C1)N(C(C)C)C(=O)N2c1ccc(OCc2ccccc2)cc1. The normalized spacial score (nSPS) is 18.6. The van der Waals surface area contributed by atoms with E-state index in [1.807, 2.05) is 86.5 Å². The number of rotatable bonds is 5. The van der Waals surface area contributed by atoms with Gasteiger partial charge in [-0.2, -0.15) is 0 Å². The van der Waals surface area contributed by atoms with Crippen LogP contribution in [0.4, 0.5) is 10.5 Å². The molecule has 2 aromatic carbocycles. The molecule has 2 aliphatic rings. The zero-order valence-electron chi connectivity index (χ0n) is 16.4. The van der Waals surface area contributed by atoms with Crippen LogP contribution in [0.3, 0.4) is 0 Å². The van der Waals surface area contributed by atoms with Crippen molar-refractivity contribution in [2.45, 2.75) is 39.6 Å². The van der Waals surface area contributed by atoms with Crippen molar-refractivity contribution in [2.75, 3.05) is 4.90 Å². The number of urea groups is 1. The molecule has 0 bridgehead atoms. The van der Waals surface area contributed by atoms with Gasteiger partial charge in [-0.1, -0.05) is 30.3 Å². The fourth-order valence-electron chi connectivity index (χ4n) is 3.62. The quantitative estimate of drug-likeness (QED) is 0.828. The second-order valence-corrected chi connectivity index (χ2v) is 7.41. The van der Waals surface area contributed by atoms with Crippen molar-refractivity contribution in [2.24, 2.45) is 0 Å². The van der Waals surface area contributed by atoms with E-state index in [-0.39, 0.29) is 18.2 Å². The molecule has 144 valence electrons. The minimum atomic E-state index is -0.185. The number of amides is 2. The van der Waals surface area contributed by atoms with Crippen LogP contribution in [-0.2, 0) is 6.61 Å². The van der Waals surface area contributed by atoms with Crippen LogP contribution in [0, 0.1) is 0 Å². The van der Waals surface area contributed by atoms with E-state index < -0.39 is 0 Å². The molecule has 1 unspecified atom stereocenters. The molecule has 2 aromatic rings. The lowest BCUT2D eigenvalue weighted by atomic mass is 10.1. The van der Waals surface area contributed by atoms with Crippen molar-refractivity contribution in [3.05, 3.63) is 83.7 Å². The van der Waals surface area contributed by atoms with Gasteiger partial charge >= 0.3 is 6.03 Å². The highest BCUT2D eigenvalue weighted by molar-refractivity contribution is 5.98. The summed E-state index contributed by atoms with van der Waals surface area (Å²) in [4.78, 5) is 16.8. The summed E-state index contributed by atoms with van der Waals surface area (Å²) in [6.45, 7) is 6.62. The van der Waals surface area contributed by atoms with Crippen LogP contribution in [0.15, 0.2) is 78.1 Å². The Balaban J connectivity index is 1.54. The lowest BCUT2D eigenvalue weighted by Gasteiger charge is -2.26. The van der Waals surface area contributed by atoms with Crippen LogP contribution in [-0.4, -0.2) is 23.1 Å². The maximum atomic E-state index is 13.1. The van der Waals surface area contributed by atoms with Gasteiger partial charge in [0.1, 0.15) is 18.5 Å². The third-order valence-electron chi connectivity index (χ3n) is 4.95. The summed E-state index contributed by atoms with van der Waals surface area (Å²) in [5.74, 6) is 0.781. The van der Waals surface area contributed by atoms with E-state index in [1.165, 1.54) is 0 Å². The van der Waals surface area contributed by atoms with Gasteiger partial charge < -0.3 is 10.1 Å². The Hall–Kier alpha value is -3.21. The first-order chi connectivity index (χ1) is 13.5. The second-order valence-electron chi connectivity index (χ2n) is 7.41. The van der Waals surface area contributed by atoms with Gasteiger partial charge in [0.25, 0.3) is 0 Å². The predicted octanol–water partition coefficient (Wildman–Crippen LogP) is 4.63. The van der Waals surface area contributed by atoms with Crippen LogP contribution in [0.1, 0.15) is 26.3 Å². The number of nitrogens with zero attached hydrogens (tertiary/aromatic N) is 2. The molecule has 0 aromatic heterocycles. The Morgan fingerprint density at radius 1 is 1.07 bits per heavy atom. The molecule has 28 heavy (non-hydrogen) atoms. The Bertz CT molecular complexity index is 917. The van der Waals surface area contributed by atoms with Crippen molar-refractivity contribution < 1.29 is 9.53 Å². The van der Waals surface area contributed by atoms with Crippen molar-refractivity contribution in [3.8, 4) is 5.75 Å². The van der Waals surface area contributed by atoms with Crippen LogP contribution in [0.5, 0.6) is 5.75 Å². The van der Waals surface area contributed by atoms with Crippen LogP contribution < -0.4 is 15.0 Å². The fraction of sp³-hybridized carbons (Fsp3) is 0.261. The average molecular weight is 375 g/mol. The summed E-state index contributed by atoms with van der Waals surface area (Å²) in [7, 11) is 0. The number of nitrogens with one attached hydrogen (secondary N) is 1. The molecule has 0 saturated carbocycles. The van der Waals surface area contributed by atoms with Gasteiger partial charge in [0.05, 0.1) is 5.70 Å². The zero-order valence-corrected chi connectivity index (χ0v) is 16.4. The molecular formula is C23H25N3O2. The summed E-state index contributed by atoms with van der Waals surface area (Å²) in [5, 5.41) is 3.36. The number of benzene rings is 2. The number of hydrogen-bond acceptors (Lipinski definition) is 3. The lowest BCUT2D eigenvalue weighted by molar-refractivity contribution is 0.218. The first-order valence-electron chi connectivity index (χ1n) is 9.58. The summed E-state index contributed by atoms with van der Waals surface area (Å²) < 4.78 is 5.87. The molecule has 1 fully saturated rings. The average Bonchev–Trinajstić information content (AvgIpc) is 2.98. The lowest BCUT2D eigenvalue weighted by Crippen LogP contribution is -2.42. The minimum absolute atomic E-state index is 0.0141. The molecule has 2 heterocycles. The van der Waals surface area contributed by atoms with Gasteiger partial charge in [-0.05, 0) is 62.2 Å². The number of dihydropyridines is 1. The molecule has 1 N–H and O–H groups in total. The molecule has 1 atom stereocenters. The van der Waals surface area contributed by atoms with Gasteiger partial charge in [0.2, 0.25) is 0 Å². The standard InChI is InChI=1S/C23H25N3O2/c1-16(2)25-21-13-17(3)14-24-22(21)26(23(25)27)19-9-11-20(12-10-19)28-15-18-7-5-4-6-8-18/h4-14,16,22,24H,15H2,1-3H3. The van der Waals surface area contributed by atoms with E-state index in [4.69, 9.17) is 4.74 Å². The number of fused-ring (bicyclic) bond motifs is 1. The first kappa shape index (κ1) is 18.2. The minimum Gasteiger partial charge on any atom is -0.489 e. The number of carbonyl (C=O) groups excluding carboxylic acids is 1. The Kier molecular flexibility index (Phi) is 4.82.